The SMILES string of the molecule is Cc1ccc(-c2ccc(=O)n(CC(=O)NC3CCCCC3)n2)s1. The Hall–Kier alpha value is -1.95. The number of carbonyl (C=O) groups is 1. The Morgan fingerprint density at radius 1 is 1.26 bits per heavy atom. The molecule has 0 unspecified atom stereocenters. The number of aryl methyl sites for hydroxylation is 1. The van der Waals surface area contributed by atoms with Crippen LogP contribution in [-0.2, 0) is 11.3 Å². The van der Waals surface area contributed by atoms with E-state index in [1.807, 2.05) is 19.1 Å². The van der Waals surface area contributed by atoms with E-state index in [9.17, 15) is 9.59 Å². The third kappa shape index (κ3) is 4.07. The predicted octanol–water partition coefficient (Wildman–Crippen LogP) is 2.73. The minimum Gasteiger partial charge on any atom is -0.352 e. The fourth-order valence-corrected chi connectivity index (χ4v) is 3.75. The molecule has 3 rings (SSSR count). The summed E-state index contributed by atoms with van der Waals surface area (Å²) in [4.78, 5) is 26.3. The van der Waals surface area contributed by atoms with Crippen LogP contribution in [0.25, 0.3) is 10.6 Å². The highest BCUT2D eigenvalue weighted by molar-refractivity contribution is 7.15. The van der Waals surface area contributed by atoms with Crippen LogP contribution in [0.2, 0.25) is 0 Å². The maximum Gasteiger partial charge on any atom is 0.267 e. The highest BCUT2D eigenvalue weighted by Crippen LogP contribution is 2.25. The second-order valence-electron chi connectivity index (χ2n) is 6.03. The molecule has 2 heterocycles. The molecule has 1 amide bonds. The van der Waals surface area contributed by atoms with Crippen LogP contribution in [0.1, 0.15) is 37.0 Å². The summed E-state index contributed by atoms with van der Waals surface area (Å²) in [5.74, 6) is -0.133. The van der Waals surface area contributed by atoms with Gasteiger partial charge >= 0.3 is 0 Å². The van der Waals surface area contributed by atoms with Crippen LogP contribution in [-0.4, -0.2) is 21.7 Å². The highest BCUT2D eigenvalue weighted by atomic mass is 32.1. The first-order chi connectivity index (χ1) is 11.1. The van der Waals surface area contributed by atoms with Gasteiger partial charge in [0.2, 0.25) is 5.91 Å². The summed E-state index contributed by atoms with van der Waals surface area (Å²) in [7, 11) is 0. The number of aromatic nitrogens is 2. The van der Waals surface area contributed by atoms with Crippen LogP contribution in [0.15, 0.2) is 29.1 Å². The third-order valence-corrected chi connectivity index (χ3v) is 5.15. The van der Waals surface area contributed by atoms with E-state index in [2.05, 4.69) is 10.4 Å². The maximum atomic E-state index is 12.2. The standard InChI is InChI=1S/C17H21N3O2S/c1-12-7-9-15(23-12)14-8-10-17(22)20(19-14)11-16(21)18-13-5-3-2-4-6-13/h7-10,13H,2-6,11H2,1H3,(H,18,21). The van der Waals surface area contributed by atoms with E-state index in [0.29, 0.717) is 0 Å². The zero-order chi connectivity index (χ0) is 16.2. The van der Waals surface area contributed by atoms with Crippen LogP contribution in [0.3, 0.4) is 0 Å². The van der Waals surface area contributed by atoms with Crippen molar-refractivity contribution >= 4 is 17.2 Å². The quantitative estimate of drug-likeness (QED) is 0.937. The Bertz CT molecular complexity index is 744. The molecular weight excluding hydrogens is 310 g/mol. The molecule has 0 aliphatic heterocycles. The number of rotatable bonds is 4. The van der Waals surface area contributed by atoms with Crippen molar-refractivity contribution in [2.24, 2.45) is 0 Å². The van der Waals surface area contributed by atoms with E-state index in [1.165, 1.54) is 22.0 Å². The first-order valence-corrected chi connectivity index (χ1v) is 8.88. The molecule has 1 aliphatic carbocycles. The van der Waals surface area contributed by atoms with Crippen molar-refractivity contribution in [2.75, 3.05) is 0 Å². The molecule has 1 aliphatic rings. The van der Waals surface area contributed by atoms with Gasteiger partial charge in [0, 0.05) is 17.0 Å². The Morgan fingerprint density at radius 3 is 2.74 bits per heavy atom. The van der Waals surface area contributed by atoms with Gasteiger partial charge in [-0.05, 0) is 38.0 Å². The average Bonchev–Trinajstić information content (AvgIpc) is 2.97. The summed E-state index contributed by atoms with van der Waals surface area (Å²) >= 11 is 1.62. The lowest BCUT2D eigenvalue weighted by Gasteiger charge is -2.22. The Balaban J connectivity index is 1.71. The number of thiophene rings is 1. The smallest absolute Gasteiger partial charge is 0.267 e. The van der Waals surface area contributed by atoms with Gasteiger partial charge in [0.1, 0.15) is 12.2 Å². The Labute approximate surface area is 139 Å². The second kappa shape index (κ2) is 7.08. The maximum absolute atomic E-state index is 12.2. The number of hydrogen-bond donors (Lipinski definition) is 1. The molecule has 1 N–H and O–H groups in total. The molecule has 1 fully saturated rings. The van der Waals surface area contributed by atoms with Gasteiger partial charge < -0.3 is 5.32 Å². The van der Waals surface area contributed by atoms with Gasteiger partial charge in [-0.1, -0.05) is 19.3 Å². The zero-order valence-corrected chi connectivity index (χ0v) is 14.1. The first kappa shape index (κ1) is 15.9. The molecule has 0 spiro atoms. The third-order valence-electron chi connectivity index (χ3n) is 4.12. The van der Waals surface area contributed by atoms with E-state index >= 15 is 0 Å². The van der Waals surface area contributed by atoms with Gasteiger partial charge in [-0.2, -0.15) is 5.10 Å². The topological polar surface area (TPSA) is 64.0 Å². The molecule has 122 valence electrons. The van der Waals surface area contributed by atoms with Gasteiger partial charge in [-0.15, -0.1) is 11.3 Å². The Morgan fingerprint density at radius 2 is 2.04 bits per heavy atom. The summed E-state index contributed by atoms with van der Waals surface area (Å²) in [5.41, 5.74) is 0.481. The number of nitrogens with zero attached hydrogens (tertiary/aromatic N) is 2. The molecule has 2 aromatic rings. The van der Waals surface area contributed by atoms with Crippen molar-refractivity contribution in [1.29, 1.82) is 0 Å². The average molecular weight is 331 g/mol. The van der Waals surface area contributed by atoms with Crippen molar-refractivity contribution in [1.82, 2.24) is 15.1 Å². The highest BCUT2D eigenvalue weighted by Gasteiger charge is 2.16. The van der Waals surface area contributed by atoms with E-state index in [0.717, 1.165) is 36.3 Å². The molecule has 0 atom stereocenters. The Kier molecular flexibility index (Phi) is 4.91. The molecule has 6 heteroatoms. The van der Waals surface area contributed by atoms with Gasteiger partial charge in [0.05, 0.1) is 4.88 Å². The van der Waals surface area contributed by atoms with Gasteiger partial charge in [0.15, 0.2) is 0 Å². The molecular formula is C17H21N3O2S. The monoisotopic (exact) mass is 331 g/mol. The molecule has 0 aromatic carbocycles. The zero-order valence-electron chi connectivity index (χ0n) is 13.2. The predicted molar refractivity (Wildman–Crippen MR) is 91.6 cm³/mol. The van der Waals surface area contributed by atoms with Crippen molar-refractivity contribution in [2.45, 2.75) is 51.6 Å². The number of carbonyl (C=O) groups excluding carboxylic acids is 1. The van der Waals surface area contributed by atoms with Crippen molar-refractivity contribution < 1.29 is 4.79 Å². The molecule has 23 heavy (non-hydrogen) atoms. The number of amides is 1. The van der Waals surface area contributed by atoms with Crippen LogP contribution >= 0.6 is 11.3 Å². The molecule has 0 saturated heterocycles. The molecule has 1 saturated carbocycles. The van der Waals surface area contributed by atoms with Gasteiger partial charge in [0.25, 0.3) is 5.56 Å². The summed E-state index contributed by atoms with van der Waals surface area (Å²) in [6.45, 7) is 2.01. The lowest BCUT2D eigenvalue weighted by atomic mass is 9.95. The fourth-order valence-electron chi connectivity index (χ4n) is 2.92. The second-order valence-corrected chi connectivity index (χ2v) is 7.32. The normalized spacial score (nSPS) is 15.5. The molecule has 0 radical (unpaired) electrons. The van der Waals surface area contributed by atoms with Crippen LogP contribution in [0.5, 0.6) is 0 Å². The molecule has 0 bridgehead atoms. The van der Waals surface area contributed by atoms with Gasteiger partial charge in [-0.3, -0.25) is 9.59 Å². The van der Waals surface area contributed by atoms with Crippen LogP contribution < -0.4 is 10.9 Å². The van der Waals surface area contributed by atoms with Crippen molar-refractivity contribution in [3.8, 4) is 10.6 Å². The summed E-state index contributed by atoms with van der Waals surface area (Å²) < 4.78 is 1.25. The summed E-state index contributed by atoms with van der Waals surface area (Å²) in [6.07, 6.45) is 5.63. The van der Waals surface area contributed by atoms with Gasteiger partial charge in [-0.25, -0.2) is 4.68 Å². The van der Waals surface area contributed by atoms with E-state index < -0.39 is 0 Å². The van der Waals surface area contributed by atoms with Crippen molar-refractivity contribution in [3.05, 3.63) is 39.5 Å². The molecule has 2 aromatic heterocycles. The lowest BCUT2D eigenvalue weighted by molar-refractivity contribution is -0.122. The van der Waals surface area contributed by atoms with Crippen LogP contribution in [0.4, 0.5) is 0 Å². The van der Waals surface area contributed by atoms with E-state index in [1.54, 1.807) is 17.4 Å². The van der Waals surface area contributed by atoms with E-state index in [-0.39, 0.29) is 24.1 Å². The summed E-state index contributed by atoms with van der Waals surface area (Å²) in [6, 6.07) is 7.44. The molecule has 5 nitrogen and oxygen atoms in total. The minimum absolute atomic E-state index is 0.0203. The fraction of sp³-hybridized carbons (Fsp3) is 0.471. The minimum atomic E-state index is -0.249. The number of hydrogen-bond acceptors (Lipinski definition) is 4. The largest absolute Gasteiger partial charge is 0.352 e. The summed E-state index contributed by atoms with van der Waals surface area (Å²) in [5, 5.41) is 7.36. The lowest BCUT2D eigenvalue weighted by Crippen LogP contribution is -2.40. The number of nitrogens with one attached hydrogen (secondary N) is 1. The first-order valence-electron chi connectivity index (χ1n) is 8.06. The van der Waals surface area contributed by atoms with E-state index in [4.69, 9.17) is 0 Å². The van der Waals surface area contributed by atoms with Crippen LogP contribution in [0, 0.1) is 6.92 Å². The van der Waals surface area contributed by atoms with Crippen molar-refractivity contribution in [3.63, 3.8) is 0 Å².